The Morgan fingerprint density at radius 1 is 0.452 bits per heavy atom. The first kappa shape index (κ1) is 60.3. The molecule has 6 heteroatoms. The van der Waals surface area contributed by atoms with E-state index in [1.54, 1.807) is 0 Å². The van der Waals surface area contributed by atoms with E-state index in [0.717, 1.165) is 57.8 Å². The first-order valence-corrected chi connectivity index (χ1v) is 27.6. The van der Waals surface area contributed by atoms with Gasteiger partial charge in [-0.1, -0.05) is 231 Å². The lowest BCUT2D eigenvalue weighted by molar-refractivity contribution is -0.151. The SMILES string of the molecule is CCCCCC/C=C\CCCCCCCC(CC(=O)NC(CO)C(O)CCCCCCCCCCCCC)OC(=O)CCCCCCCCCCC/C=C/CCCCCCCC. The van der Waals surface area contributed by atoms with Gasteiger partial charge in [0.05, 0.1) is 25.2 Å². The summed E-state index contributed by atoms with van der Waals surface area (Å²) in [6, 6.07) is -0.700. The highest BCUT2D eigenvalue weighted by Crippen LogP contribution is 2.18. The number of hydrogen-bond donors (Lipinski definition) is 3. The Morgan fingerprint density at radius 2 is 0.774 bits per heavy atom. The van der Waals surface area contributed by atoms with Crippen molar-refractivity contribution < 1.29 is 24.5 Å². The fraction of sp³-hybridized carbons (Fsp3) is 0.893. The fourth-order valence-electron chi connectivity index (χ4n) is 8.54. The minimum Gasteiger partial charge on any atom is -0.462 e. The smallest absolute Gasteiger partial charge is 0.306 e. The summed E-state index contributed by atoms with van der Waals surface area (Å²) in [5.74, 6) is -0.471. The van der Waals surface area contributed by atoms with Crippen molar-refractivity contribution in [3.8, 4) is 0 Å². The standard InChI is InChI=1S/C56H107NO5/c1-4-7-10-13-16-19-22-24-25-26-27-28-29-31-34-37-40-43-46-49-56(61)62-52(47-44-41-38-35-33-30-23-20-17-14-11-8-5-2)50-55(60)57-53(51-58)54(59)48-45-42-39-36-32-21-18-15-12-9-6-3/h20,23-25,52-54,58-59H,4-19,21-22,26-51H2,1-3H3,(H,57,60)/b23-20-,25-24+. The van der Waals surface area contributed by atoms with Crippen molar-refractivity contribution in [3.05, 3.63) is 24.3 Å². The molecule has 6 nitrogen and oxygen atoms in total. The molecule has 0 aromatic rings. The molecule has 0 aliphatic carbocycles. The first-order chi connectivity index (χ1) is 30.5. The number of unbranched alkanes of at least 4 members (excludes halogenated alkanes) is 34. The van der Waals surface area contributed by atoms with Crippen molar-refractivity contribution in [2.75, 3.05) is 6.61 Å². The number of carbonyl (C=O) groups is 2. The Labute approximate surface area is 386 Å². The average Bonchev–Trinajstić information content (AvgIpc) is 3.26. The number of nitrogens with one attached hydrogen (secondary N) is 1. The van der Waals surface area contributed by atoms with Gasteiger partial charge in [-0.3, -0.25) is 9.59 Å². The summed E-state index contributed by atoms with van der Waals surface area (Å²) in [4.78, 5) is 26.2. The van der Waals surface area contributed by atoms with Gasteiger partial charge in [0.2, 0.25) is 5.91 Å². The molecule has 3 unspecified atom stereocenters. The molecule has 0 saturated heterocycles. The van der Waals surface area contributed by atoms with Crippen LogP contribution in [0.4, 0.5) is 0 Å². The number of amides is 1. The summed E-state index contributed by atoms with van der Waals surface area (Å²) >= 11 is 0. The van der Waals surface area contributed by atoms with E-state index in [4.69, 9.17) is 4.74 Å². The number of aliphatic hydroxyl groups excluding tert-OH is 2. The van der Waals surface area contributed by atoms with E-state index in [9.17, 15) is 19.8 Å². The Morgan fingerprint density at radius 3 is 1.16 bits per heavy atom. The summed E-state index contributed by atoms with van der Waals surface area (Å²) in [5, 5.41) is 23.8. The van der Waals surface area contributed by atoms with Gasteiger partial charge in [0.25, 0.3) is 0 Å². The van der Waals surface area contributed by atoms with Gasteiger partial charge in [-0.25, -0.2) is 0 Å². The van der Waals surface area contributed by atoms with Crippen molar-refractivity contribution in [1.82, 2.24) is 5.32 Å². The number of esters is 1. The molecule has 0 aliphatic rings. The van der Waals surface area contributed by atoms with E-state index >= 15 is 0 Å². The summed E-state index contributed by atoms with van der Waals surface area (Å²) in [6.07, 6.45) is 58.1. The van der Waals surface area contributed by atoms with E-state index in [-0.39, 0.29) is 24.9 Å². The lowest BCUT2D eigenvalue weighted by atomic mass is 10.0. The van der Waals surface area contributed by atoms with Crippen LogP contribution in [0.1, 0.15) is 297 Å². The van der Waals surface area contributed by atoms with Crippen LogP contribution in [0, 0.1) is 0 Å². The van der Waals surface area contributed by atoms with Crippen LogP contribution < -0.4 is 5.32 Å². The van der Waals surface area contributed by atoms with Crippen LogP contribution in [-0.2, 0) is 14.3 Å². The normalized spacial score (nSPS) is 13.3. The number of allylic oxidation sites excluding steroid dienone is 4. The van der Waals surface area contributed by atoms with Crippen molar-refractivity contribution in [3.63, 3.8) is 0 Å². The minimum absolute atomic E-state index is 0.0753. The van der Waals surface area contributed by atoms with Gasteiger partial charge in [-0.2, -0.15) is 0 Å². The molecule has 0 rings (SSSR count). The number of carbonyl (C=O) groups excluding carboxylic acids is 2. The summed E-state index contributed by atoms with van der Waals surface area (Å²) in [6.45, 7) is 6.48. The van der Waals surface area contributed by atoms with Crippen molar-refractivity contribution in [2.45, 2.75) is 315 Å². The second-order valence-corrected chi connectivity index (χ2v) is 19.0. The van der Waals surface area contributed by atoms with Crippen LogP contribution >= 0.6 is 0 Å². The number of rotatable bonds is 50. The third-order valence-corrected chi connectivity index (χ3v) is 12.8. The van der Waals surface area contributed by atoms with Gasteiger partial charge in [-0.05, 0) is 77.0 Å². The predicted molar refractivity (Wildman–Crippen MR) is 269 cm³/mol. The summed E-state index contributed by atoms with van der Waals surface area (Å²) in [7, 11) is 0. The van der Waals surface area contributed by atoms with Gasteiger partial charge in [0.1, 0.15) is 6.10 Å². The van der Waals surface area contributed by atoms with Gasteiger partial charge in [0.15, 0.2) is 0 Å². The molecule has 0 spiro atoms. The zero-order chi connectivity index (χ0) is 45.2. The molecule has 3 N–H and O–H groups in total. The largest absolute Gasteiger partial charge is 0.462 e. The third-order valence-electron chi connectivity index (χ3n) is 12.8. The number of hydrogen-bond acceptors (Lipinski definition) is 5. The molecule has 0 aliphatic heterocycles. The van der Waals surface area contributed by atoms with E-state index in [2.05, 4.69) is 50.4 Å². The lowest BCUT2D eigenvalue weighted by Gasteiger charge is -2.24. The van der Waals surface area contributed by atoms with E-state index in [0.29, 0.717) is 19.3 Å². The van der Waals surface area contributed by atoms with E-state index < -0.39 is 18.2 Å². The molecule has 0 aromatic heterocycles. The maximum atomic E-state index is 13.2. The van der Waals surface area contributed by atoms with E-state index in [1.165, 1.54) is 193 Å². The van der Waals surface area contributed by atoms with Crippen LogP contribution in [0.25, 0.3) is 0 Å². The molecule has 0 bridgehead atoms. The highest BCUT2D eigenvalue weighted by atomic mass is 16.5. The molecule has 0 saturated carbocycles. The fourth-order valence-corrected chi connectivity index (χ4v) is 8.54. The average molecular weight is 874 g/mol. The minimum atomic E-state index is -0.786. The Balaban J connectivity index is 4.49. The molecule has 0 radical (unpaired) electrons. The Bertz CT molecular complexity index is 981. The molecule has 0 heterocycles. The van der Waals surface area contributed by atoms with Gasteiger partial charge >= 0.3 is 5.97 Å². The van der Waals surface area contributed by atoms with Crippen LogP contribution in [-0.4, -0.2) is 46.9 Å². The van der Waals surface area contributed by atoms with Crippen LogP contribution in [0.2, 0.25) is 0 Å². The molecular formula is C56H107NO5. The van der Waals surface area contributed by atoms with Crippen LogP contribution in [0.3, 0.4) is 0 Å². The molecule has 0 fully saturated rings. The first-order valence-electron chi connectivity index (χ1n) is 27.6. The van der Waals surface area contributed by atoms with Crippen molar-refractivity contribution in [1.29, 1.82) is 0 Å². The topological polar surface area (TPSA) is 95.9 Å². The maximum Gasteiger partial charge on any atom is 0.306 e. The molecule has 1 amide bonds. The van der Waals surface area contributed by atoms with Crippen LogP contribution in [0.15, 0.2) is 24.3 Å². The quantitative estimate of drug-likeness (QED) is 0.0321. The highest BCUT2D eigenvalue weighted by molar-refractivity contribution is 5.77. The molecule has 0 aromatic carbocycles. The third kappa shape index (κ3) is 44.9. The van der Waals surface area contributed by atoms with Gasteiger partial charge in [0, 0.05) is 6.42 Å². The van der Waals surface area contributed by atoms with Gasteiger partial charge < -0.3 is 20.3 Å². The molecule has 366 valence electrons. The van der Waals surface area contributed by atoms with Crippen molar-refractivity contribution >= 4 is 11.9 Å². The monoisotopic (exact) mass is 874 g/mol. The van der Waals surface area contributed by atoms with Crippen molar-refractivity contribution in [2.24, 2.45) is 0 Å². The summed E-state index contributed by atoms with van der Waals surface area (Å²) < 4.78 is 5.95. The maximum absolute atomic E-state index is 13.2. The Kier molecular flexibility index (Phi) is 49.0. The molecular weight excluding hydrogens is 767 g/mol. The molecule has 3 atom stereocenters. The van der Waals surface area contributed by atoms with Gasteiger partial charge in [-0.15, -0.1) is 0 Å². The zero-order valence-corrected chi connectivity index (χ0v) is 41.8. The molecule has 62 heavy (non-hydrogen) atoms. The lowest BCUT2D eigenvalue weighted by Crippen LogP contribution is -2.46. The van der Waals surface area contributed by atoms with E-state index in [1.807, 2.05) is 0 Å². The number of aliphatic hydroxyl groups is 2. The second kappa shape index (κ2) is 50.3. The number of ether oxygens (including phenoxy) is 1. The zero-order valence-electron chi connectivity index (χ0n) is 41.8. The highest BCUT2D eigenvalue weighted by Gasteiger charge is 2.24. The second-order valence-electron chi connectivity index (χ2n) is 19.0. The Hall–Kier alpha value is -1.66. The predicted octanol–water partition coefficient (Wildman–Crippen LogP) is 16.7. The summed E-state index contributed by atoms with van der Waals surface area (Å²) in [5.41, 5.74) is 0. The van der Waals surface area contributed by atoms with Crippen LogP contribution in [0.5, 0.6) is 0 Å².